The van der Waals surface area contributed by atoms with Gasteiger partial charge in [0, 0.05) is 6.42 Å². The number of nitrogens with zero attached hydrogens (tertiary/aromatic N) is 1. The van der Waals surface area contributed by atoms with Gasteiger partial charge in [-0.3, -0.25) is 9.59 Å². The average Bonchev–Trinajstić information content (AvgIpc) is 3.44. The van der Waals surface area contributed by atoms with E-state index >= 15 is 0 Å². The van der Waals surface area contributed by atoms with E-state index in [4.69, 9.17) is 18.9 Å². The van der Waals surface area contributed by atoms with Gasteiger partial charge in [0.1, 0.15) is 13.2 Å². The van der Waals surface area contributed by atoms with Gasteiger partial charge in [0.2, 0.25) is 0 Å². The third-order valence-corrected chi connectivity index (χ3v) is 14.3. The highest BCUT2D eigenvalue weighted by Crippen LogP contribution is 2.17. The molecule has 0 aromatic rings. The number of carbonyl (C=O) groups is 3. The molecule has 0 spiro atoms. The molecule has 0 heterocycles. The summed E-state index contributed by atoms with van der Waals surface area (Å²) in [5, 5.41) is 11.8. The van der Waals surface area contributed by atoms with Crippen LogP contribution < -0.4 is 5.11 Å². The minimum absolute atomic E-state index is 0.0136. The third kappa shape index (κ3) is 63.6. The van der Waals surface area contributed by atoms with Gasteiger partial charge in [-0.15, -0.1) is 0 Å². The van der Waals surface area contributed by atoms with Crippen molar-refractivity contribution in [2.45, 2.75) is 296 Å². The summed E-state index contributed by atoms with van der Waals surface area (Å²) in [6.07, 6.45) is 82.7. The quantitative estimate of drug-likeness (QED) is 0.0195. The van der Waals surface area contributed by atoms with E-state index in [0.717, 1.165) is 57.8 Å². The molecule has 0 aliphatic carbocycles. The number of unbranched alkanes of at least 4 members (excludes halogenated alkanes) is 31. The van der Waals surface area contributed by atoms with Gasteiger partial charge in [-0.25, -0.2) is 0 Å². The molecule has 81 heavy (non-hydrogen) atoms. The minimum Gasteiger partial charge on any atom is -0.545 e. The molecule has 0 N–H and O–H groups in total. The number of esters is 2. The molecule has 0 fully saturated rings. The fourth-order valence-electron chi connectivity index (χ4n) is 9.27. The van der Waals surface area contributed by atoms with Gasteiger partial charge < -0.3 is 33.3 Å². The largest absolute Gasteiger partial charge is 0.545 e. The Kier molecular flexibility index (Phi) is 59.3. The Labute approximate surface area is 499 Å². The molecule has 2 unspecified atom stereocenters. The highest BCUT2D eigenvalue weighted by atomic mass is 16.7. The predicted octanol–water partition coefficient (Wildman–Crippen LogP) is 19.1. The summed E-state index contributed by atoms with van der Waals surface area (Å²) in [7, 11) is 5.89. The van der Waals surface area contributed by atoms with Crippen molar-refractivity contribution in [1.29, 1.82) is 0 Å². The van der Waals surface area contributed by atoms with Crippen molar-refractivity contribution >= 4 is 17.9 Å². The molecule has 0 radical (unpaired) electrons. The molecule has 0 aliphatic heterocycles. The van der Waals surface area contributed by atoms with E-state index in [9.17, 15) is 19.5 Å². The normalized spacial score (nSPS) is 13.3. The van der Waals surface area contributed by atoms with Gasteiger partial charge in [0.25, 0.3) is 0 Å². The van der Waals surface area contributed by atoms with E-state index in [1.54, 1.807) is 6.08 Å². The highest BCUT2D eigenvalue weighted by molar-refractivity contribution is 5.71. The van der Waals surface area contributed by atoms with Crippen LogP contribution in [-0.4, -0.2) is 82.3 Å². The first-order valence-electron chi connectivity index (χ1n) is 33.4. The van der Waals surface area contributed by atoms with Crippen LogP contribution in [0.5, 0.6) is 0 Å². The molecular formula is C72H125NO8. The van der Waals surface area contributed by atoms with E-state index in [1.165, 1.54) is 193 Å². The third-order valence-electron chi connectivity index (χ3n) is 14.3. The molecule has 9 heteroatoms. The number of aliphatic carboxylic acids is 1. The number of hydrogen-bond acceptors (Lipinski definition) is 8. The van der Waals surface area contributed by atoms with E-state index in [0.29, 0.717) is 17.4 Å². The standard InChI is InChI=1S/C72H125NO8/c1-6-8-10-12-14-16-18-20-22-23-24-25-26-27-28-29-30-31-32-33-34-35-36-37-38-39-40-41-42-43-44-45-46-47-49-50-52-54-56-58-60-62-69(74)79-66-68(67-80-72(71(76)77)78-65-64-73(3,4)5)81-70(75)63-61-59-57-55-53-51-48-21-19-17-15-13-11-9-7-2/h9,11,15,17-18,20-21,23-24,26-27,48,53,55,59,61,68,72H,6-8,10,12-14,16,19,22,25,28-47,49-52,54,56-58,60,62-67H2,1-5H3/b11-9-,17-15-,20-18-,24-23-,27-26-,48-21-,55-53-,61-59-. The molecule has 0 aromatic heterocycles. The van der Waals surface area contributed by atoms with Crippen LogP contribution in [0, 0.1) is 0 Å². The van der Waals surface area contributed by atoms with Crippen LogP contribution in [0.3, 0.4) is 0 Å². The highest BCUT2D eigenvalue weighted by Gasteiger charge is 2.21. The Morgan fingerprint density at radius 3 is 1.11 bits per heavy atom. The first-order chi connectivity index (χ1) is 39.6. The molecule has 0 saturated carbocycles. The first kappa shape index (κ1) is 77.2. The van der Waals surface area contributed by atoms with Gasteiger partial charge in [0.15, 0.2) is 12.4 Å². The lowest BCUT2D eigenvalue weighted by Gasteiger charge is -2.26. The van der Waals surface area contributed by atoms with Crippen molar-refractivity contribution in [1.82, 2.24) is 0 Å². The van der Waals surface area contributed by atoms with Gasteiger partial charge in [0.05, 0.1) is 46.7 Å². The van der Waals surface area contributed by atoms with Crippen LogP contribution in [0.2, 0.25) is 0 Å². The van der Waals surface area contributed by atoms with E-state index in [-0.39, 0.29) is 38.6 Å². The Morgan fingerprint density at radius 1 is 0.395 bits per heavy atom. The van der Waals surface area contributed by atoms with E-state index in [1.807, 2.05) is 33.3 Å². The summed E-state index contributed by atoms with van der Waals surface area (Å²) in [6, 6.07) is 0. The van der Waals surface area contributed by atoms with Crippen molar-refractivity contribution in [2.75, 3.05) is 47.5 Å². The number of carboxylic acids is 1. The average molecular weight is 1130 g/mol. The van der Waals surface area contributed by atoms with Crippen molar-refractivity contribution in [3.8, 4) is 0 Å². The monoisotopic (exact) mass is 1130 g/mol. The SMILES string of the molecule is CC/C=C\C/C=C\C/C=C\C/C=C\C/C=C\CC(=O)OC(COC(=O)CCCCCCCCCCCCCCCCCCCCCCCCCCCC/C=C\C/C=C\C/C=C\CCCCCCC)COC(OCC[N+](C)(C)C)C(=O)[O-]. The second-order valence-corrected chi connectivity index (χ2v) is 23.4. The Morgan fingerprint density at radius 2 is 0.741 bits per heavy atom. The lowest BCUT2D eigenvalue weighted by Crippen LogP contribution is -2.44. The maximum atomic E-state index is 12.8. The van der Waals surface area contributed by atoms with Crippen molar-refractivity contribution in [2.24, 2.45) is 0 Å². The van der Waals surface area contributed by atoms with Crippen LogP contribution in [-0.2, 0) is 33.3 Å². The number of carbonyl (C=O) groups excluding carboxylic acids is 3. The van der Waals surface area contributed by atoms with Gasteiger partial charge in [-0.2, -0.15) is 0 Å². The van der Waals surface area contributed by atoms with Gasteiger partial charge >= 0.3 is 11.9 Å². The number of rotatable bonds is 61. The molecule has 0 bridgehead atoms. The summed E-state index contributed by atoms with van der Waals surface area (Å²) < 4.78 is 22.5. The van der Waals surface area contributed by atoms with E-state index < -0.39 is 24.3 Å². The maximum Gasteiger partial charge on any atom is 0.310 e. The Hall–Kier alpha value is -3.79. The summed E-state index contributed by atoms with van der Waals surface area (Å²) in [5.41, 5.74) is 0. The topological polar surface area (TPSA) is 111 Å². The molecule has 0 saturated heterocycles. The number of ether oxygens (including phenoxy) is 4. The minimum atomic E-state index is -1.65. The van der Waals surface area contributed by atoms with E-state index in [2.05, 4.69) is 92.8 Å². The van der Waals surface area contributed by atoms with Crippen LogP contribution >= 0.6 is 0 Å². The Balaban J connectivity index is 3.96. The summed E-state index contributed by atoms with van der Waals surface area (Å²) in [6.45, 7) is 4.52. The lowest BCUT2D eigenvalue weighted by molar-refractivity contribution is -0.870. The summed E-state index contributed by atoms with van der Waals surface area (Å²) >= 11 is 0. The van der Waals surface area contributed by atoms with Crippen molar-refractivity contribution in [3.05, 3.63) is 97.2 Å². The van der Waals surface area contributed by atoms with Crippen LogP contribution in [0.25, 0.3) is 0 Å². The van der Waals surface area contributed by atoms with Gasteiger partial charge in [-0.05, 0) is 77.0 Å². The number of hydrogen-bond donors (Lipinski definition) is 0. The van der Waals surface area contributed by atoms with Crippen LogP contribution in [0.1, 0.15) is 284 Å². The fraction of sp³-hybridized carbons (Fsp3) is 0.736. The van der Waals surface area contributed by atoms with Crippen molar-refractivity contribution < 1.29 is 42.9 Å². The van der Waals surface area contributed by atoms with Gasteiger partial charge in [-0.1, -0.05) is 291 Å². The lowest BCUT2D eigenvalue weighted by atomic mass is 10.0. The Bertz CT molecular complexity index is 1650. The second kappa shape index (κ2) is 62.3. The number of carboxylic acid groups (broad SMARTS) is 1. The number of allylic oxidation sites excluding steroid dienone is 15. The zero-order chi connectivity index (χ0) is 59.1. The maximum absolute atomic E-state index is 12.8. The fourth-order valence-corrected chi connectivity index (χ4v) is 9.27. The molecule has 466 valence electrons. The number of likely N-dealkylation sites (N-methyl/N-ethyl adjacent to an activating group) is 1. The molecular weight excluding hydrogens is 1010 g/mol. The summed E-state index contributed by atoms with van der Waals surface area (Å²) in [4.78, 5) is 37.2. The molecule has 2 atom stereocenters. The smallest absolute Gasteiger partial charge is 0.310 e. The molecule has 0 aliphatic rings. The van der Waals surface area contributed by atoms with Crippen LogP contribution in [0.4, 0.5) is 0 Å². The molecule has 0 aromatic carbocycles. The zero-order valence-corrected chi connectivity index (χ0v) is 53.1. The van der Waals surface area contributed by atoms with Crippen LogP contribution in [0.15, 0.2) is 97.2 Å². The zero-order valence-electron chi connectivity index (χ0n) is 53.1. The molecule has 9 nitrogen and oxygen atoms in total. The molecule has 0 amide bonds. The van der Waals surface area contributed by atoms with Crippen molar-refractivity contribution in [3.63, 3.8) is 0 Å². The number of quaternary nitrogens is 1. The summed E-state index contributed by atoms with van der Waals surface area (Å²) in [5.74, 6) is -2.45. The first-order valence-corrected chi connectivity index (χ1v) is 33.4. The predicted molar refractivity (Wildman–Crippen MR) is 343 cm³/mol. The second-order valence-electron chi connectivity index (χ2n) is 23.4. The molecule has 0 rings (SSSR count).